The van der Waals surface area contributed by atoms with E-state index in [0.29, 0.717) is 6.61 Å². The van der Waals surface area contributed by atoms with Gasteiger partial charge < -0.3 is 19.9 Å². The summed E-state index contributed by atoms with van der Waals surface area (Å²) >= 11 is 0. The molecule has 0 bridgehead atoms. The molecule has 0 aromatic heterocycles. The molecule has 0 heterocycles. The molecule has 2 N–H and O–H groups in total. The van der Waals surface area contributed by atoms with Gasteiger partial charge in [-0.3, -0.25) is 0 Å². The number of aliphatic hydroxyl groups is 1. The molecule has 0 amide bonds. The Labute approximate surface area is 115 Å². The zero-order chi connectivity index (χ0) is 14.1. The maximum absolute atomic E-state index is 9.67. The van der Waals surface area contributed by atoms with Crippen LogP contribution >= 0.6 is 0 Å². The Bertz CT molecular complexity index is 338. The van der Waals surface area contributed by atoms with Crippen LogP contribution in [0.25, 0.3) is 0 Å². The summed E-state index contributed by atoms with van der Waals surface area (Å²) in [5.74, 6) is 0.767. The van der Waals surface area contributed by atoms with E-state index in [1.165, 1.54) is 5.56 Å². The number of nitrogens with one attached hydrogen (secondary N) is 1. The van der Waals surface area contributed by atoms with Crippen molar-refractivity contribution in [3.63, 3.8) is 0 Å². The molecule has 0 aliphatic heterocycles. The third-order valence-corrected chi connectivity index (χ3v) is 2.57. The fraction of sp³-hybridized carbons (Fsp3) is 0.600. The van der Waals surface area contributed by atoms with E-state index in [-0.39, 0.29) is 12.7 Å². The molecule has 0 saturated heterocycles. The molecular weight excluding hydrogens is 242 g/mol. The Hall–Kier alpha value is -1.10. The molecular formula is C15H25NO3. The van der Waals surface area contributed by atoms with E-state index in [4.69, 9.17) is 9.47 Å². The number of ether oxygens (including phenoxy) is 2. The lowest BCUT2D eigenvalue weighted by molar-refractivity contribution is -0.0122. The molecule has 1 atom stereocenters. The van der Waals surface area contributed by atoms with Gasteiger partial charge in [-0.2, -0.15) is 0 Å². The second-order valence-corrected chi connectivity index (χ2v) is 4.77. The molecule has 4 heteroatoms. The Balaban J connectivity index is 2.29. The van der Waals surface area contributed by atoms with Gasteiger partial charge in [-0.25, -0.2) is 0 Å². The predicted octanol–water partition coefficient (Wildman–Crippen LogP) is 1.96. The average molecular weight is 267 g/mol. The second-order valence-electron chi connectivity index (χ2n) is 4.77. The molecule has 4 nitrogen and oxygen atoms in total. The fourth-order valence-corrected chi connectivity index (χ4v) is 1.52. The standard InChI is InChI=1S/C15H25NO3/c1-4-16-9-13-5-7-15(8-6-13)19-11-14(17)10-18-12(2)3/h5-8,12,14,16-17H,4,9-11H2,1-3H3. The summed E-state index contributed by atoms with van der Waals surface area (Å²) in [6.07, 6.45) is -0.469. The van der Waals surface area contributed by atoms with Crippen molar-refractivity contribution < 1.29 is 14.6 Å². The first-order chi connectivity index (χ1) is 9.11. The van der Waals surface area contributed by atoms with Crippen molar-refractivity contribution in [3.8, 4) is 5.75 Å². The van der Waals surface area contributed by atoms with E-state index in [2.05, 4.69) is 12.2 Å². The normalized spacial score (nSPS) is 12.7. The third-order valence-electron chi connectivity index (χ3n) is 2.57. The lowest BCUT2D eigenvalue weighted by Crippen LogP contribution is -2.25. The quantitative estimate of drug-likeness (QED) is 0.718. The van der Waals surface area contributed by atoms with Gasteiger partial charge in [0.25, 0.3) is 0 Å². The van der Waals surface area contributed by atoms with Crippen molar-refractivity contribution in [3.05, 3.63) is 29.8 Å². The summed E-state index contributed by atoms with van der Waals surface area (Å²) < 4.78 is 10.8. The van der Waals surface area contributed by atoms with Crippen LogP contribution in [-0.4, -0.2) is 37.1 Å². The van der Waals surface area contributed by atoms with Gasteiger partial charge in [-0.05, 0) is 38.1 Å². The summed E-state index contributed by atoms with van der Waals surface area (Å²) in [6, 6.07) is 7.88. The van der Waals surface area contributed by atoms with Crippen LogP contribution < -0.4 is 10.1 Å². The highest BCUT2D eigenvalue weighted by Crippen LogP contribution is 2.12. The summed E-state index contributed by atoms with van der Waals surface area (Å²) in [6.45, 7) is 8.34. The molecule has 1 unspecified atom stereocenters. The number of hydrogen-bond acceptors (Lipinski definition) is 4. The summed E-state index contributed by atoms with van der Waals surface area (Å²) in [5, 5.41) is 12.9. The lowest BCUT2D eigenvalue weighted by atomic mass is 10.2. The third kappa shape index (κ3) is 7.15. The van der Waals surface area contributed by atoms with Crippen LogP contribution in [0.15, 0.2) is 24.3 Å². The van der Waals surface area contributed by atoms with Gasteiger partial charge in [0, 0.05) is 6.54 Å². The first kappa shape index (κ1) is 16.0. The van der Waals surface area contributed by atoms with E-state index >= 15 is 0 Å². The van der Waals surface area contributed by atoms with E-state index < -0.39 is 6.10 Å². The summed E-state index contributed by atoms with van der Waals surface area (Å²) in [5.41, 5.74) is 1.22. The van der Waals surface area contributed by atoms with Gasteiger partial charge in [0.1, 0.15) is 18.5 Å². The van der Waals surface area contributed by atoms with E-state index in [9.17, 15) is 5.11 Å². The largest absolute Gasteiger partial charge is 0.491 e. The Morgan fingerprint density at radius 1 is 1.16 bits per heavy atom. The van der Waals surface area contributed by atoms with Gasteiger partial charge in [-0.15, -0.1) is 0 Å². The number of benzene rings is 1. The zero-order valence-corrected chi connectivity index (χ0v) is 12.1. The Kier molecular flexibility index (Phi) is 7.48. The Morgan fingerprint density at radius 3 is 2.42 bits per heavy atom. The van der Waals surface area contributed by atoms with Crippen molar-refractivity contribution in [2.45, 2.75) is 39.5 Å². The molecule has 0 aliphatic carbocycles. The van der Waals surface area contributed by atoms with Crippen LogP contribution in [0.2, 0.25) is 0 Å². The monoisotopic (exact) mass is 267 g/mol. The molecule has 0 fully saturated rings. The van der Waals surface area contributed by atoms with E-state index in [1.54, 1.807) is 0 Å². The molecule has 108 valence electrons. The number of rotatable bonds is 9. The van der Waals surface area contributed by atoms with Gasteiger partial charge in [0.05, 0.1) is 12.7 Å². The highest BCUT2D eigenvalue weighted by atomic mass is 16.5. The minimum Gasteiger partial charge on any atom is -0.491 e. The maximum atomic E-state index is 9.67. The van der Waals surface area contributed by atoms with Crippen LogP contribution in [-0.2, 0) is 11.3 Å². The van der Waals surface area contributed by atoms with Crippen molar-refractivity contribution in [1.82, 2.24) is 5.32 Å². The number of aliphatic hydroxyl groups excluding tert-OH is 1. The molecule has 1 aromatic carbocycles. The molecule has 0 aliphatic rings. The summed E-state index contributed by atoms with van der Waals surface area (Å²) in [7, 11) is 0. The molecule has 1 aromatic rings. The van der Waals surface area contributed by atoms with Crippen LogP contribution in [0.1, 0.15) is 26.3 Å². The van der Waals surface area contributed by atoms with Crippen molar-refractivity contribution in [2.24, 2.45) is 0 Å². The highest BCUT2D eigenvalue weighted by Gasteiger charge is 2.06. The topological polar surface area (TPSA) is 50.7 Å². The van der Waals surface area contributed by atoms with E-state index in [0.717, 1.165) is 18.8 Å². The zero-order valence-electron chi connectivity index (χ0n) is 12.1. The number of hydrogen-bond donors (Lipinski definition) is 2. The smallest absolute Gasteiger partial charge is 0.119 e. The molecule has 1 rings (SSSR count). The predicted molar refractivity (Wildman–Crippen MR) is 76.4 cm³/mol. The molecule has 0 spiro atoms. The first-order valence-corrected chi connectivity index (χ1v) is 6.84. The molecule has 19 heavy (non-hydrogen) atoms. The van der Waals surface area contributed by atoms with Crippen molar-refractivity contribution in [2.75, 3.05) is 19.8 Å². The van der Waals surface area contributed by atoms with Gasteiger partial charge >= 0.3 is 0 Å². The maximum Gasteiger partial charge on any atom is 0.119 e. The van der Waals surface area contributed by atoms with E-state index in [1.807, 2.05) is 38.1 Å². The molecule has 0 saturated carbocycles. The highest BCUT2D eigenvalue weighted by molar-refractivity contribution is 5.27. The van der Waals surface area contributed by atoms with Gasteiger partial charge in [0.2, 0.25) is 0 Å². The van der Waals surface area contributed by atoms with Crippen LogP contribution in [0.5, 0.6) is 5.75 Å². The van der Waals surface area contributed by atoms with Crippen LogP contribution in [0.4, 0.5) is 0 Å². The lowest BCUT2D eigenvalue weighted by Gasteiger charge is -2.14. The fourth-order valence-electron chi connectivity index (χ4n) is 1.52. The van der Waals surface area contributed by atoms with Gasteiger partial charge in [-0.1, -0.05) is 19.1 Å². The van der Waals surface area contributed by atoms with Gasteiger partial charge in [0.15, 0.2) is 0 Å². The molecule has 0 radical (unpaired) electrons. The first-order valence-electron chi connectivity index (χ1n) is 6.84. The average Bonchev–Trinajstić information content (AvgIpc) is 2.41. The van der Waals surface area contributed by atoms with Crippen molar-refractivity contribution >= 4 is 0 Å². The minimum atomic E-state index is -0.594. The second kappa shape index (κ2) is 8.91. The van der Waals surface area contributed by atoms with Crippen LogP contribution in [0, 0.1) is 0 Å². The van der Waals surface area contributed by atoms with Crippen molar-refractivity contribution in [1.29, 1.82) is 0 Å². The van der Waals surface area contributed by atoms with Crippen LogP contribution in [0.3, 0.4) is 0 Å². The minimum absolute atomic E-state index is 0.125. The Morgan fingerprint density at radius 2 is 1.84 bits per heavy atom. The summed E-state index contributed by atoms with van der Waals surface area (Å²) in [4.78, 5) is 0. The SMILES string of the molecule is CCNCc1ccc(OCC(O)COC(C)C)cc1.